The molecule has 0 atom stereocenters. The van der Waals surface area contributed by atoms with Gasteiger partial charge in [0.1, 0.15) is 6.07 Å². The van der Waals surface area contributed by atoms with Gasteiger partial charge in [0, 0.05) is 0 Å². The summed E-state index contributed by atoms with van der Waals surface area (Å²) in [6.07, 6.45) is 23.2. The van der Waals surface area contributed by atoms with Gasteiger partial charge in [0.15, 0.2) is 5.83 Å². The van der Waals surface area contributed by atoms with Crippen molar-refractivity contribution in [3.8, 4) is 6.07 Å². The maximum Gasteiger partial charge on any atom is 0.199 e. The SMILES string of the molecule is CCCCC1CCC(CCC2CCC(C=CC=C(F)C#N)CC2)CC1. The number of nitriles is 1. The van der Waals surface area contributed by atoms with Crippen molar-refractivity contribution in [2.75, 3.05) is 0 Å². The summed E-state index contributed by atoms with van der Waals surface area (Å²) in [6, 6.07) is 1.51. The predicted molar refractivity (Wildman–Crippen MR) is 104 cm³/mol. The second kappa shape index (κ2) is 11.5. The van der Waals surface area contributed by atoms with Gasteiger partial charge in [-0.25, -0.2) is 0 Å². The number of allylic oxidation sites excluding steroid dienone is 4. The van der Waals surface area contributed by atoms with Crippen molar-refractivity contribution in [2.24, 2.45) is 23.7 Å². The summed E-state index contributed by atoms with van der Waals surface area (Å²) in [4.78, 5) is 0. The van der Waals surface area contributed by atoms with Crippen LogP contribution in [0.5, 0.6) is 0 Å². The number of hydrogen-bond donors (Lipinski definition) is 0. The molecule has 0 N–H and O–H groups in total. The first-order valence-corrected chi connectivity index (χ1v) is 10.6. The lowest BCUT2D eigenvalue weighted by atomic mass is 9.75. The Morgan fingerprint density at radius 3 is 1.96 bits per heavy atom. The lowest BCUT2D eigenvalue weighted by molar-refractivity contribution is 0.220. The fourth-order valence-corrected chi connectivity index (χ4v) is 4.78. The second-order valence-corrected chi connectivity index (χ2v) is 8.40. The molecule has 2 aliphatic carbocycles. The maximum atomic E-state index is 12.8. The standard InChI is InChI=1S/C23H36FN/c1-2-3-5-19-8-12-21(13-9-19)16-17-22-14-10-20(11-15-22)6-4-7-23(24)18-25/h4,6-7,19-22H,2-3,5,8-17H2,1H3. The fraction of sp³-hybridized carbons (Fsp3) is 0.783. The van der Waals surface area contributed by atoms with Gasteiger partial charge in [0.05, 0.1) is 0 Å². The van der Waals surface area contributed by atoms with Crippen LogP contribution in [0.3, 0.4) is 0 Å². The van der Waals surface area contributed by atoms with Gasteiger partial charge < -0.3 is 0 Å². The van der Waals surface area contributed by atoms with Gasteiger partial charge in [0.25, 0.3) is 0 Å². The molecule has 25 heavy (non-hydrogen) atoms. The van der Waals surface area contributed by atoms with E-state index in [-0.39, 0.29) is 0 Å². The molecule has 0 bridgehead atoms. The van der Waals surface area contributed by atoms with Gasteiger partial charge in [-0.05, 0) is 55.4 Å². The molecule has 2 rings (SSSR count). The highest BCUT2D eigenvalue weighted by atomic mass is 19.1. The molecule has 140 valence electrons. The van der Waals surface area contributed by atoms with Gasteiger partial charge in [-0.2, -0.15) is 9.65 Å². The van der Waals surface area contributed by atoms with Gasteiger partial charge in [-0.3, -0.25) is 0 Å². The van der Waals surface area contributed by atoms with Crippen LogP contribution in [0.15, 0.2) is 24.1 Å². The Morgan fingerprint density at radius 1 is 0.920 bits per heavy atom. The summed E-state index contributed by atoms with van der Waals surface area (Å²) in [5, 5.41) is 8.40. The van der Waals surface area contributed by atoms with E-state index >= 15 is 0 Å². The molecule has 1 nitrogen and oxygen atoms in total. The zero-order valence-electron chi connectivity index (χ0n) is 16.1. The summed E-state index contributed by atoms with van der Waals surface area (Å²) in [7, 11) is 0. The third-order valence-corrected chi connectivity index (χ3v) is 6.54. The molecule has 2 heteroatoms. The van der Waals surface area contributed by atoms with Crippen LogP contribution in [0.2, 0.25) is 0 Å². The summed E-state index contributed by atoms with van der Waals surface area (Å²) >= 11 is 0. The Balaban J connectivity index is 1.58. The Labute approximate surface area is 154 Å². The van der Waals surface area contributed by atoms with Crippen LogP contribution >= 0.6 is 0 Å². The third kappa shape index (κ3) is 7.76. The first-order valence-electron chi connectivity index (χ1n) is 10.6. The Morgan fingerprint density at radius 2 is 1.44 bits per heavy atom. The quantitative estimate of drug-likeness (QED) is 0.330. The van der Waals surface area contributed by atoms with Gasteiger partial charge >= 0.3 is 0 Å². The zero-order valence-corrected chi connectivity index (χ0v) is 16.1. The number of rotatable bonds is 8. The van der Waals surface area contributed by atoms with Crippen LogP contribution in [0.1, 0.15) is 90.4 Å². The number of unbranched alkanes of at least 4 members (excludes halogenated alkanes) is 1. The maximum absolute atomic E-state index is 12.8. The summed E-state index contributed by atoms with van der Waals surface area (Å²) in [5.41, 5.74) is 0. The van der Waals surface area contributed by atoms with E-state index in [0.717, 1.165) is 17.8 Å². The summed E-state index contributed by atoms with van der Waals surface area (Å²) in [5.74, 6) is 2.81. The average molecular weight is 346 g/mol. The van der Waals surface area contributed by atoms with E-state index in [2.05, 4.69) is 13.0 Å². The first kappa shape index (κ1) is 20.2. The highest BCUT2D eigenvalue weighted by Gasteiger charge is 2.23. The molecule has 2 fully saturated rings. The first-order chi connectivity index (χ1) is 12.2. The van der Waals surface area contributed by atoms with E-state index in [1.165, 1.54) is 95.6 Å². The van der Waals surface area contributed by atoms with E-state index in [0.29, 0.717) is 5.92 Å². The molecule has 0 aromatic carbocycles. The van der Waals surface area contributed by atoms with Crippen molar-refractivity contribution in [1.82, 2.24) is 0 Å². The molecule has 0 aromatic rings. The van der Waals surface area contributed by atoms with Crippen molar-refractivity contribution in [3.63, 3.8) is 0 Å². The van der Waals surface area contributed by atoms with Crippen LogP contribution in [-0.4, -0.2) is 0 Å². The second-order valence-electron chi connectivity index (χ2n) is 8.40. The van der Waals surface area contributed by atoms with Crippen LogP contribution in [-0.2, 0) is 0 Å². The van der Waals surface area contributed by atoms with Crippen LogP contribution < -0.4 is 0 Å². The summed E-state index contributed by atoms with van der Waals surface area (Å²) < 4.78 is 12.8. The lowest BCUT2D eigenvalue weighted by Crippen LogP contribution is -2.17. The Kier molecular flexibility index (Phi) is 9.30. The van der Waals surface area contributed by atoms with Crippen molar-refractivity contribution in [2.45, 2.75) is 90.4 Å². The average Bonchev–Trinajstić information content (AvgIpc) is 2.66. The van der Waals surface area contributed by atoms with Crippen molar-refractivity contribution < 1.29 is 4.39 Å². The van der Waals surface area contributed by atoms with Gasteiger partial charge in [-0.15, -0.1) is 0 Å². The molecule has 2 aliphatic rings. The third-order valence-electron chi connectivity index (χ3n) is 6.54. The number of halogens is 1. The molecule has 0 unspecified atom stereocenters. The number of nitrogens with zero attached hydrogens (tertiary/aromatic N) is 1. The molecule has 0 aromatic heterocycles. The van der Waals surface area contributed by atoms with Crippen molar-refractivity contribution in [3.05, 3.63) is 24.1 Å². The smallest absolute Gasteiger partial charge is 0.195 e. The van der Waals surface area contributed by atoms with Gasteiger partial charge in [-0.1, -0.05) is 76.9 Å². The number of hydrogen-bond acceptors (Lipinski definition) is 1. The van der Waals surface area contributed by atoms with Crippen LogP contribution in [0.4, 0.5) is 4.39 Å². The lowest BCUT2D eigenvalue weighted by Gasteiger charge is -2.31. The van der Waals surface area contributed by atoms with E-state index in [1.54, 1.807) is 6.08 Å². The van der Waals surface area contributed by atoms with Crippen molar-refractivity contribution >= 4 is 0 Å². The topological polar surface area (TPSA) is 23.8 Å². The largest absolute Gasteiger partial charge is 0.199 e. The van der Waals surface area contributed by atoms with Crippen LogP contribution in [0, 0.1) is 35.0 Å². The molecular formula is C23H36FN. The predicted octanol–water partition coefficient (Wildman–Crippen LogP) is 7.50. The monoisotopic (exact) mass is 345 g/mol. The molecule has 0 radical (unpaired) electrons. The van der Waals surface area contributed by atoms with E-state index in [9.17, 15) is 4.39 Å². The Bertz CT molecular complexity index is 457. The Hall–Kier alpha value is -1.10. The van der Waals surface area contributed by atoms with E-state index in [1.807, 2.05) is 0 Å². The zero-order chi connectivity index (χ0) is 17.9. The van der Waals surface area contributed by atoms with Crippen LogP contribution in [0.25, 0.3) is 0 Å². The molecule has 0 aliphatic heterocycles. The summed E-state index contributed by atoms with van der Waals surface area (Å²) in [6.45, 7) is 2.30. The minimum Gasteiger partial charge on any atom is -0.195 e. The van der Waals surface area contributed by atoms with E-state index < -0.39 is 5.83 Å². The molecule has 0 heterocycles. The minimum absolute atomic E-state index is 0.577. The molecule has 0 spiro atoms. The molecule has 0 amide bonds. The normalized spacial score (nSPS) is 31.2. The molecule has 2 saturated carbocycles. The highest BCUT2D eigenvalue weighted by Crippen LogP contribution is 2.37. The van der Waals surface area contributed by atoms with Gasteiger partial charge in [0.2, 0.25) is 0 Å². The molecule has 0 saturated heterocycles. The molecular weight excluding hydrogens is 309 g/mol. The fourth-order valence-electron chi connectivity index (χ4n) is 4.78. The van der Waals surface area contributed by atoms with Crippen molar-refractivity contribution in [1.29, 1.82) is 5.26 Å². The highest BCUT2D eigenvalue weighted by molar-refractivity contribution is 5.19. The van der Waals surface area contributed by atoms with E-state index in [4.69, 9.17) is 5.26 Å². The minimum atomic E-state index is -0.700.